The maximum absolute atomic E-state index is 4.98. The fourth-order valence-electron chi connectivity index (χ4n) is 0.826. The minimum absolute atomic E-state index is 0.451. The van der Waals surface area contributed by atoms with Crippen LogP contribution in [-0.2, 0) is 9.26 Å². The molecule has 10 heavy (non-hydrogen) atoms. The summed E-state index contributed by atoms with van der Waals surface area (Å²) in [5.41, 5.74) is 0. The van der Waals surface area contributed by atoms with Crippen molar-refractivity contribution in [3.05, 3.63) is 0 Å². The summed E-state index contributed by atoms with van der Waals surface area (Å²) in [6.45, 7) is 2.40. The van der Waals surface area contributed by atoms with Gasteiger partial charge in [0.25, 0.3) is 0 Å². The quantitative estimate of drug-likeness (QED) is 0.573. The third-order valence-electron chi connectivity index (χ3n) is 1.23. The molecule has 0 aromatic rings. The van der Waals surface area contributed by atoms with Crippen molar-refractivity contribution in [2.75, 3.05) is 33.9 Å². The largest absolute Gasteiger partial charge is 0.384 e. The van der Waals surface area contributed by atoms with Crippen LogP contribution in [0.2, 0.25) is 0 Å². The van der Waals surface area contributed by atoms with E-state index in [9.17, 15) is 0 Å². The minimum atomic E-state index is 0.451. The lowest BCUT2D eigenvalue weighted by molar-refractivity contribution is 0.125. The molecule has 2 atom stereocenters. The van der Waals surface area contributed by atoms with Gasteiger partial charge in [-0.2, -0.15) is 0 Å². The monoisotopic (exact) mass is 165 g/mol. The molecule has 0 saturated heterocycles. The van der Waals surface area contributed by atoms with Gasteiger partial charge in [-0.05, 0) is 7.05 Å². The molecule has 1 N–H and O–H groups in total. The van der Waals surface area contributed by atoms with Crippen molar-refractivity contribution in [1.82, 2.24) is 5.32 Å². The molecule has 0 amide bonds. The summed E-state index contributed by atoms with van der Waals surface area (Å²) in [4.78, 5) is 0. The number of methoxy groups -OCH3 is 1. The van der Waals surface area contributed by atoms with Gasteiger partial charge in [0, 0.05) is 29.0 Å². The number of nitrogens with one attached hydrogen (secondary N) is 1. The number of rotatable bonds is 6. The highest BCUT2D eigenvalue weighted by Gasteiger charge is 2.05. The van der Waals surface area contributed by atoms with Gasteiger partial charge in [0.05, 0.1) is 13.2 Å². The van der Waals surface area contributed by atoms with Gasteiger partial charge in [-0.3, -0.25) is 0 Å². The molecule has 0 saturated carbocycles. The van der Waals surface area contributed by atoms with E-state index in [1.807, 2.05) is 7.05 Å². The van der Waals surface area contributed by atoms with Gasteiger partial charge in [-0.15, -0.1) is 0 Å². The van der Waals surface area contributed by atoms with E-state index in [2.05, 4.69) is 14.8 Å². The van der Waals surface area contributed by atoms with Crippen molar-refractivity contribution in [2.45, 2.75) is 0 Å². The molecule has 0 aromatic heterocycles. The summed E-state index contributed by atoms with van der Waals surface area (Å²) >= 11 is 0. The predicted octanol–water partition coefficient (Wildman–Crippen LogP) is 0.275. The lowest BCUT2D eigenvalue weighted by atomic mass is 10.2. The van der Waals surface area contributed by atoms with E-state index in [0.717, 1.165) is 19.8 Å². The Morgan fingerprint density at radius 1 is 1.50 bits per heavy atom. The van der Waals surface area contributed by atoms with Crippen LogP contribution in [-0.4, -0.2) is 33.9 Å². The molecule has 62 valence electrons. The molecule has 0 bridgehead atoms. The zero-order valence-corrected chi connectivity index (χ0v) is 7.75. The Labute approximate surface area is 64.8 Å². The lowest BCUT2D eigenvalue weighted by Gasteiger charge is -2.13. The topological polar surface area (TPSA) is 30.5 Å². The number of hydrogen-bond donors (Lipinski definition) is 1. The van der Waals surface area contributed by atoms with Gasteiger partial charge < -0.3 is 14.6 Å². The molecular formula is C6H16NO2P. The zero-order valence-electron chi connectivity index (χ0n) is 6.59. The summed E-state index contributed by atoms with van der Waals surface area (Å²) in [5, 5.41) is 3.07. The Morgan fingerprint density at radius 3 is 2.60 bits per heavy atom. The average molecular weight is 165 g/mol. The summed E-state index contributed by atoms with van der Waals surface area (Å²) in [6.07, 6.45) is 0. The van der Waals surface area contributed by atoms with E-state index < -0.39 is 0 Å². The van der Waals surface area contributed by atoms with Crippen LogP contribution in [0.4, 0.5) is 0 Å². The summed E-state index contributed by atoms with van der Waals surface area (Å²) in [6, 6.07) is 0. The molecule has 0 radical (unpaired) electrons. The van der Waals surface area contributed by atoms with Gasteiger partial charge in [0.1, 0.15) is 0 Å². The predicted molar refractivity (Wildman–Crippen MR) is 45.0 cm³/mol. The summed E-state index contributed by atoms with van der Waals surface area (Å²) in [5.74, 6) is 0.451. The average Bonchev–Trinajstić information content (AvgIpc) is 1.90. The highest BCUT2D eigenvalue weighted by atomic mass is 31.0. The zero-order chi connectivity index (χ0) is 7.82. The lowest BCUT2D eigenvalue weighted by Crippen LogP contribution is -2.25. The molecule has 0 heterocycles. The molecular weight excluding hydrogens is 149 g/mol. The molecule has 0 aliphatic carbocycles. The molecule has 2 unspecified atom stereocenters. The molecule has 3 nitrogen and oxygen atoms in total. The number of ether oxygens (including phenoxy) is 1. The van der Waals surface area contributed by atoms with E-state index in [4.69, 9.17) is 9.26 Å². The Morgan fingerprint density at radius 2 is 2.20 bits per heavy atom. The van der Waals surface area contributed by atoms with Crippen LogP contribution in [0.25, 0.3) is 0 Å². The molecule has 0 aromatic carbocycles. The van der Waals surface area contributed by atoms with E-state index in [1.54, 1.807) is 7.11 Å². The van der Waals surface area contributed by atoms with Gasteiger partial charge in [-0.25, -0.2) is 0 Å². The maximum Gasteiger partial charge on any atom is 0.0564 e. The Balaban J connectivity index is 3.30. The first-order valence-electron chi connectivity index (χ1n) is 3.30. The second-order valence-electron chi connectivity index (χ2n) is 2.21. The van der Waals surface area contributed by atoms with Crippen LogP contribution in [0.15, 0.2) is 0 Å². The van der Waals surface area contributed by atoms with Gasteiger partial charge in [-0.1, -0.05) is 0 Å². The van der Waals surface area contributed by atoms with Crippen molar-refractivity contribution in [1.29, 1.82) is 0 Å². The van der Waals surface area contributed by atoms with Crippen molar-refractivity contribution in [3.63, 3.8) is 0 Å². The van der Waals surface area contributed by atoms with Crippen molar-refractivity contribution < 1.29 is 9.26 Å². The summed E-state index contributed by atoms with van der Waals surface area (Å²) < 4.78 is 9.89. The first kappa shape index (κ1) is 10.3. The van der Waals surface area contributed by atoms with Crippen molar-refractivity contribution in [2.24, 2.45) is 5.92 Å². The smallest absolute Gasteiger partial charge is 0.0564 e. The second kappa shape index (κ2) is 7.42. The van der Waals surface area contributed by atoms with E-state index in [1.165, 1.54) is 0 Å². The molecule has 0 fully saturated rings. The highest BCUT2D eigenvalue weighted by Crippen LogP contribution is 1.98. The number of hydrogen-bond acceptors (Lipinski definition) is 3. The molecule has 0 aliphatic rings. The fourth-order valence-corrected chi connectivity index (χ4v) is 1.10. The Bertz CT molecular complexity index is 58.5. The van der Waals surface area contributed by atoms with Crippen LogP contribution in [0.5, 0.6) is 0 Å². The van der Waals surface area contributed by atoms with E-state index in [-0.39, 0.29) is 0 Å². The highest BCUT2D eigenvalue weighted by molar-refractivity contribution is 7.09. The van der Waals surface area contributed by atoms with E-state index >= 15 is 0 Å². The van der Waals surface area contributed by atoms with Crippen LogP contribution >= 0.6 is 9.47 Å². The first-order chi connectivity index (χ1) is 4.85. The van der Waals surface area contributed by atoms with Crippen LogP contribution in [0.1, 0.15) is 0 Å². The first-order valence-corrected chi connectivity index (χ1v) is 3.77. The third kappa shape index (κ3) is 5.12. The van der Waals surface area contributed by atoms with Crippen LogP contribution in [0.3, 0.4) is 0 Å². The molecule has 0 spiro atoms. The van der Waals surface area contributed by atoms with Crippen LogP contribution in [0, 0.1) is 5.92 Å². The van der Waals surface area contributed by atoms with E-state index in [0.29, 0.717) is 5.92 Å². The van der Waals surface area contributed by atoms with Crippen molar-refractivity contribution >= 4 is 9.47 Å². The molecule has 0 aliphatic heterocycles. The van der Waals surface area contributed by atoms with Gasteiger partial charge in [0.15, 0.2) is 0 Å². The minimum Gasteiger partial charge on any atom is -0.384 e. The van der Waals surface area contributed by atoms with Crippen LogP contribution < -0.4 is 5.32 Å². The normalized spacial score (nSPS) is 13.5. The second-order valence-corrected chi connectivity index (χ2v) is 2.55. The maximum atomic E-state index is 4.98. The fraction of sp³-hybridized carbons (Fsp3) is 1.00. The van der Waals surface area contributed by atoms with Gasteiger partial charge in [0.2, 0.25) is 0 Å². The van der Waals surface area contributed by atoms with Gasteiger partial charge >= 0.3 is 0 Å². The Hall–Kier alpha value is 0.310. The SMILES string of the molecule is CNCC(COC)COP. The third-order valence-corrected chi connectivity index (χ3v) is 1.42. The molecule has 4 heteroatoms. The molecule has 0 rings (SSSR count). The van der Waals surface area contributed by atoms with Crippen molar-refractivity contribution in [3.8, 4) is 0 Å². The summed E-state index contributed by atoms with van der Waals surface area (Å²) in [7, 11) is 5.86. The standard InChI is InChI=1S/C6H16NO2P/c1-7-3-6(4-8-2)5-9-10/h6-7H,3-5,10H2,1-2H3. The Kier molecular flexibility index (Phi) is 7.65.